The number of carbonyl (C=O) groups excluding carboxylic acids is 1. The minimum absolute atomic E-state index is 0.0921. The molecule has 1 aliphatic rings. The highest BCUT2D eigenvalue weighted by atomic mass is 32.1. The first kappa shape index (κ1) is 28.6. The van der Waals surface area contributed by atoms with Gasteiger partial charge in [0.1, 0.15) is 35.7 Å². The lowest BCUT2D eigenvalue weighted by Gasteiger charge is -2.19. The summed E-state index contributed by atoms with van der Waals surface area (Å²) in [7, 11) is 0. The van der Waals surface area contributed by atoms with E-state index in [1.54, 1.807) is 43.7 Å². The number of para-hydroxylation sites is 1. The molecule has 5 rings (SSSR count). The van der Waals surface area contributed by atoms with Crippen LogP contribution in [0.4, 0.5) is 0 Å². The predicted molar refractivity (Wildman–Crippen MR) is 157 cm³/mol. The Morgan fingerprint density at radius 1 is 1.20 bits per heavy atom. The first-order valence-corrected chi connectivity index (χ1v) is 14.3. The van der Waals surface area contributed by atoms with Crippen molar-refractivity contribution in [1.29, 1.82) is 5.26 Å². The molecule has 214 valence electrons. The summed E-state index contributed by atoms with van der Waals surface area (Å²) in [4.78, 5) is 30.7. The number of benzene rings is 2. The Balaban J connectivity index is 1.57. The van der Waals surface area contributed by atoms with Crippen LogP contribution < -0.4 is 10.2 Å². The van der Waals surface area contributed by atoms with E-state index in [2.05, 4.69) is 23.8 Å². The van der Waals surface area contributed by atoms with Crippen molar-refractivity contribution in [3.05, 3.63) is 63.7 Å². The summed E-state index contributed by atoms with van der Waals surface area (Å²) < 4.78 is 20.9. The average Bonchev–Trinajstić information content (AvgIpc) is 3.70. The predicted octanol–water partition coefficient (Wildman–Crippen LogP) is 4.24. The van der Waals surface area contributed by atoms with Crippen LogP contribution in [0.1, 0.15) is 50.7 Å². The topological polar surface area (TPSA) is 121 Å². The van der Waals surface area contributed by atoms with Crippen molar-refractivity contribution < 1.29 is 19.0 Å². The molecule has 1 saturated carbocycles. The Hall–Kier alpha value is -3.88. The van der Waals surface area contributed by atoms with Gasteiger partial charge in [-0.15, -0.1) is 0 Å². The largest absolute Gasteiger partial charge is 0.492 e. The van der Waals surface area contributed by atoms with Crippen molar-refractivity contribution in [2.45, 2.75) is 58.9 Å². The lowest BCUT2D eigenvalue weighted by atomic mass is 10.1. The summed E-state index contributed by atoms with van der Waals surface area (Å²) in [6.07, 6.45) is 2.02. The van der Waals surface area contributed by atoms with E-state index in [1.165, 1.54) is 0 Å². The third kappa shape index (κ3) is 6.72. The van der Waals surface area contributed by atoms with E-state index in [0.717, 1.165) is 18.4 Å². The quantitative estimate of drug-likeness (QED) is 0.160. The summed E-state index contributed by atoms with van der Waals surface area (Å²) in [5.41, 5.74) is 1.48. The van der Waals surface area contributed by atoms with Gasteiger partial charge in [-0.2, -0.15) is 23.0 Å². The van der Waals surface area contributed by atoms with Crippen molar-refractivity contribution in [3.63, 3.8) is 0 Å². The maximum atomic E-state index is 13.3. The van der Waals surface area contributed by atoms with Gasteiger partial charge in [-0.05, 0) is 57.7 Å². The van der Waals surface area contributed by atoms with Crippen LogP contribution in [0.15, 0.2) is 41.2 Å². The second kappa shape index (κ2) is 11.9. The molecule has 0 atom stereocenters. The molecule has 2 heterocycles. The van der Waals surface area contributed by atoms with Gasteiger partial charge in [-0.1, -0.05) is 12.1 Å². The van der Waals surface area contributed by atoms with Crippen molar-refractivity contribution in [2.75, 3.05) is 19.0 Å². The van der Waals surface area contributed by atoms with Gasteiger partial charge in [-0.3, -0.25) is 14.3 Å². The third-order valence-corrected chi connectivity index (χ3v) is 6.81. The molecule has 41 heavy (non-hydrogen) atoms. The molecule has 1 fully saturated rings. The molecule has 0 saturated heterocycles. The van der Waals surface area contributed by atoms with Crippen molar-refractivity contribution >= 4 is 40.5 Å². The van der Waals surface area contributed by atoms with E-state index < -0.39 is 11.6 Å². The Labute approximate surface area is 243 Å². The summed E-state index contributed by atoms with van der Waals surface area (Å²) in [5.74, 6) is 1.67. The molecular weight excluding hydrogens is 542 g/mol. The minimum atomic E-state index is -0.686. The number of nitrogens with zero attached hydrogens (tertiary/aromatic N) is 5. The maximum absolute atomic E-state index is 13.3. The van der Waals surface area contributed by atoms with Crippen LogP contribution in [0.3, 0.4) is 0 Å². The molecule has 0 bridgehead atoms. The van der Waals surface area contributed by atoms with Gasteiger partial charge in [0.2, 0.25) is 5.43 Å². The molecule has 10 nitrogen and oxygen atoms in total. The molecule has 4 aromatic rings. The number of nitriles is 1. The molecule has 1 aliphatic carbocycles. The molecule has 0 amide bonds. The van der Waals surface area contributed by atoms with E-state index in [4.69, 9.17) is 19.2 Å². The molecular formula is C30H33N5O5S. The Bertz CT molecular complexity index is 1690. The van der Waals surface area contributed by atoms with Gasteiger partial charge < -0.3 is 18.8 Å². The zero-order valence-corrected chi connectivity index (χ0v) is 24.3. The number of rotatable bonds is 11. The van der Waals surface area contributed by atoms with Crippen LogP contribution in [-0.2, 0) is 34.0 Å². The molecule has 0 unspecified atom stereocenters. The van der Waals surface area contributed by atoms with Crippen LogP contribution in [0.25, 0.3) is 21.9 Å². The summed E-state index contributed by atoms with van der Waals surface area (Å²) in [6.45, 7) is 6.71. The van der Waals surface area contributed by atoms with Gasteiger partial charge in [0, 0.05) is 17.2 Å². The maximum Gasteiger partial charge on any atom is 0.312 e. The Morgan fingerprint density at radius 2 is 1.98 bits per heavy atom. The molecule has 2 aromatic carbocycles. The van der Waals surface area contributed by atoms with Crippen LogP contribution in [-0.4, -0.2) is 49.9 Å². The highest BCUT2D eigenvalue weighted by molar-refractivity contribution is 7.80. The van der Waals surface area contributed by atoms with Crippen LogP contribution >= 0.6 is 12.6 Å². The van der Waals surface area contributed by atoms with Crippen LogP contribution in [0.2, 0.25) is 0 Å². The zero-order valence-electron chi connectivity index (χ0n) is 23.4. The SMILES string of the molecule is CC(C)(C)OC(=O)Cc1nn(Cc2nc3cc(C#N)c(OCC4CC4)cc3n2COCCS)c2ccccc2c1=O. The number of hydrogen-bond acceptors (Lipinski definition) is 9. The second-order valence-corrected chi connectivity index (χ2v) is 11.6. The highest BCUT2D eigenvalue weighted by Crippen LogP contribution is 2.32. The molecule has 0 spiro atoms. The Kier molecular flexibility index (Phi) is 8.33. The summed E-state index contributed by atoms with van der Waals surface area (Å²) >= 11 is 4.25. The summed E-state index contributed by atoms with van der Waals surface area (Å²) in [6, 6.07) is 12.9. The first-order valence-electron chi connectivity index (χ1n) is 13.6. The van der Waals surface area contributed by atoms with Gasteiger partial charge in [0.15, 0.2) is 0 Å². The third-order valence-electron chi connectivity index (χ3n) is 6.63. The number of ether oxygens (including phenoxy) is 3. The number of aromatic nitrogens is 4. The van der Waals surface area contributed by atoms with Crippen molar-refractivity contribution in [1.82, 2.24) is 19.3 Å². The van der Waals surface area contributed by atoms with Gasteiger partial charge >= 0.3 is 5.97 Å². The number of imidazole rings is 1. The fourth-order valence-electron chi connectivity index (χ4n) is 4.56. The first-order chi connectivity index (χ1) is 19.7. The second-order valence-electron chi connectivity index (χ2n) is 11.1. The van der Waals surface area contributed by atoms with Crippen molar-refractivity contribution in [2.24, 2.45) is 5.92 Å². The number of hydrogen-bond donors (Lipinski definition) is 1. The fraction of sp³-hybridized carbons (Fsp3) is 0.433. The van der Waals surface area contributed by atoms with Crippen molar-refractivity contribution in [3.8, 4) is 11.8 Å². The lowest BCUT2D eigenvalue weighted by Crippen LogP contribution is -2.28. The highest BCUT2D eigenvalue weighted by Gasteiger charge is 2.24. The molecule has 0 radical (unpaired) electrons. The summed E-state index contributed by atoms with van der Waals surface area (Å²) in [5, 5.41) is 14.8. The fourth-order valence-corrected chi connectivity index (χ4v) is 4.69. The molecule has 2 aromatic heterocycles. The molecule has 0 aliphatic heterocycles. The molecule has 11 heteroatoms. The van der Waals surface area contributed by atoms with Crippen LogP contribution in [0, 0.1) is 17.2 Å². The number of esters is 1. The average molecular weight is 576 g/mol. The van der Waals surface area contributed by atoms with E-state index in [-0.39, 0.29) is 30.8 Å². The Morgan fingerprint density at radius 3 is 2.68 bits per heavy atom. The zero-order chi connectivity index (χ0) is 29.1. The van der Waals surface area contributed by atoms with E-state index in [9.17, 15) is 14.9 Å². The number of carbonyl (C=O) groups is 1. The van der Waals surface area contributed by atoms with Gasteiger partial charge in [0.05, 0.1) is 48.3 Å². The van der Waals surface area contributed by atoms with Gasteiger partial charge in [0.25, 0.3) is 0 Å². The number of thiol groups is 1. The monoisotopic (exact) mass is 575 g/mol. The normalized spacial score (nSPS) is 13.4. The lowest BCUT2D eigenvalue weighted by molar-refractivity contribution is -0.154. The standard InChI is InChI=1S/C30H33N5O5S/c1-30(2,3)40-28(36)13-23-29(37)21-6-4-5-7-24(21)35(33-23)16-27-32-22-12-20(15-31)26(39-17-19-8-9-19)14-25(22)34(27)18-38-10-11-41/h4-7,12,14,19,41H,8-11,13,16-18H2,1-3H3. The van der Waals surface area contributed by atoms with E-state index >= 15 is 0 Å². The minimum Gasteiger partial charge on any atom is -0.492 e. The smallest absolute Gasteiger partial charge is 0.312 e. The van der Waals surface area contributed by atoms with E-state index in [1.807, 2.05) is 22.8 Å². The molecule has 0 N–H and O–H groups in total. The van der Waals surface area contributed by atoms with Gasteiger partial charge in [-0.25, -0.2) is 4.98 Å². The van der Waals surface area contributed by atoms with Crippen LogP contribution in [0.5, 0.6) is 5.75 Å². The van der Waals surface area contributed by atoms with E-state index in [0.29, 0.717) is 58.4 Å². The number of fused-ring (bicyclic) bond motifs is 2.